The molecule has 1 aliphatic carbocycles. The lowest BCUT2D eigenvalue weighted by Crippen LogP contribution is -2.37. The topological polar surface area (TPSA) is 70.5 Å². The molecule has 6 heteroatoms. The molecule has 2 aromatic heterocycles. The second-order valence-corrected chi connectivity index (χ2v) is 9.64. The van der Waals surface area contributed by atoms with E-state index in [1.165, 1.54) is 11.1 Å². The summed E-state index contributed by atoms with van der Waals surface area (Å²) in [5.41, 5.74) is 6.19. The number of hydrogen-bond donors (Lipinski definition) is 2. The minimum atomic E-state index is -0.0513. The van der Waals surface area contributed by atoms with Crippen LogP contribution in [0.15, 0.2) is 120 Å². The maximum absolute atomic E-state index is 11.2. The summed E-state index contributed by atoms with van der Waals surface area (Å²) in [5, 5.41) is 14.7. The summed E-state index contributed by atoms with van der Waals surface area (Å²) in [7, 11) is 0. The smallest absolute Gasteiger partial charge is 0.133 e. The lowest BCUT2D eigenvalue weighted by atomic mass is 9.95. The van der Waals surface area contributed by atoms with Crippen molar-refractivity contribution in [2.24, 2.45) is 0 Å². The van der Waals surface area contributed by atoms with E-state index in [2.05, 4.69) is 57.4 Å². The molecule has 3 heterocycles. The highest BCUT2D eigenvalue weighted by Crippen LogP contribution is 2.34. The van der Waals surface area contributed by atoms with E-state index in [9.17, 15) is 5.11 Å². The summed E-state index contributed by atoms with van der Waals surface area (Å²) in [4.78, 5) is 11.3. The van der Waals surface area contributed by atoms with Crippen LogP contribution < -0.4 is 5.32 Å². The molecule has 5 rings (SSSR count). The van der Waals surface area contributed by atoms with Crippen molar-refractivity contribution >= 4 is 0 Å². The first-order valence-electron chi connectivity index (χ1n) is 13.2. The van der Waals surface area contributed by atoms with Crippen molar-refractivity contribution in [3.05, 3.63) is 143 Å². The number of hydrogen-bond acceptors (Lipinski definition) is 6. The van der Waals surface area contributed by atoms with Crippen molar-refractivity contribution in [3.63, 3.8) is 0 Å². The summed E-state index contributed by atoms with van der Waals surface area (Å²) in [6, 6.07) is 20.6. The number of ether oxygens (including phenoxy) is 1. The van der Waals surface area contributed by atoms with Crippen LogP contribution in [0.5, 0.6) is 0 Å². The Morgan fingerprint density at radius 3 is 2.55 bits per heavy atom. The van der Waals surface area contributed by atoms with Crippen molar-refractivity contribution in [3.8, 4) is 0 Å². The second kappa shape index (κ2) is 12.5. The molecule has 1 unspecified atom stereocenters. The monoisotopic (exact) mass is 506 g/mol. The Labute approximate surface area is 224 Å². The van der Waals surface area contributed by atoms with Gasteiger partial charge in [-0.2, -0.15) is 0 Å². The largest absolute Gasteiger partial charge is 0.507 e. The average Bonchev–Trinajstić information content (AvgIpc) is 2.97. The number of allylic oxidation sites excluding steroid dienone is 4. The van der Waals surface area contributed by atoms with Gasteiger partial charge in [-0.05, 0) is 54.8 Å². The van der Waals surface area contributed by atoms with Gasteiger partial charge in [-0.15, -0.1) is 0 Å². The lowest BCUT2D eigenvalue weighted by molar-refractivity contribution is 0.208. The van der Waals surface area contributed by atoms with Crippen LogP contribution in [0.1, 0.15) is 35.9 Å². The molecule has 6 nitrogen and oxygen atoms in total. The lowest BCUT2D eigenvalue weighted by Gasteiger charge is -2.33. The standard InChI is InChI=1S/C32H34N4O2/c1-24(30-23-38-31-14-3-2-13-29(31)32(30)37)36(18-15-27-11-4-6-16-34-27)22-26-10-8-9-25(19-26)20-33-21-28-12-5-7-17-35-28/h2-12,14,16-17,19,23-24,33,37H,13,15,18,20-22H2,1H3. The highest BCUT2D eigenvalue weighted by atomic mass is 16.5. The summed E-state index contributed by atoms with van der Waals surface area (Å²) in [5.74, 6) is 1.06. The quantitative estimate of drug-likeness (QED) is 0.344. The fourth-order valence-corrected chi connectivity index (χ4v) is 4.84. The predicted molar refractivity (Wildman–Crippen MR) is 150 cm³/mol. The van der Waals surface area contributed by atoms with Crippen LogP contribution in [0, 0.1) is 0 Å². The van der Waals surface area contributed by atoms with Crippen LogP contribution in [-0.2, 0) is 30.8 Å². The van der Waals surface area contributed by atoms with Crippen LogP contribution in [0.25, 0.3) is 0 Å². The first-order chi connectivity index (χ1) is 18.7. The van der Waals surface area contributed by atoms with Gasteiger partial charge in [-0.3, -0.25) is 14.9 Å². The molecule has 1 aliphatic heterocycles. The molecule has 1 aromatic carbocycles. The van der Waals surface area contributed by atoms with Crippen molar-refractivity contribution in [1.82, 2.24) is 20.2 Å². The fraction of sp³-hybridized carbons (Fsp3) is 0.250. The Balaban J connectivity index is 1.31. The predicted octanol–water partition coefficient (Wildman–Crippen LogP) is 5.77. The van der Waals surface area contributed by atoms with E-state index < -0.39 is 0 Å². The van der Waals surface area contributed by atoms with Gasteiger partial charge in [0.15, 0.2) is 0 Å². The molecule has 0 amide bonds. The minimum absolute atomic E-state index is 0.0513. The van der Waals surface area contributed by atoms with E-state index in [0.717, 1.165) is 60.9 Å². The van der Waals surface area contributed by atoms with Crippen molar-refractivity contribution < 1.29 is 9.84 Å². The second-order valence-electron chi connectivity index (χ2n) is 9.64. The first-order valence-corrected chi connectivity index (χ1v) is 13.2. The van der Waals surface area contributed by atoms with Gasteiger partial charge in [-0.1, -0.05) is 48.6 Å². The third-order valence-electron chi connectivity index (χ3n) is 6.99. The van der Waals surface area contributed by atoms with Crippen LogP contribution in [0.4, 0.5) is 0 Å². The molecule has 0 radical (unpaired) electrons. The van der Waals surface area contributed by atoms with Gasteiger partial charge in [0, 0.05) is 67.9 Å². The number of pyridine rings is 2. The van der Waals surface area contributed by atoms with Gasteiger partial charge >= 0.3 is 0 Å². The summed E-state index contributed by atoms with van der Waals surface area (Å²) in [6.07, 6.45) is 12.8. The molecule has 38 heavy (non-hydrogen) atoms. The van der Waals surface area contributed by atoms with Crippen molar-refractivity contribution in [2.75, 3.05) is 6.54 Å². The van der Waals surface area contributed by atoms with Crippen LogP contribution in [-0.4, -0.2) is 32.6 Å². The van der Waals surface area contributed by atoms with Gasteiger partial charge in [0.25, 0.3) is 0 Å². The Hall–Kier alpha value is -4.00. The number of fused-ring (bicyclic) bond motifs is 1. The Morgan fingerprint density at radius 1 is 0.974 bits per heavy atom. The number of nitrogens with zero attached hydrogens (tertiary/aromatic N) is 3. The number of aromatic nitrogens is 2. The van der Waals surface area contributed by atoms with E-state index in [0.29, 0.717) is 12.2 Å². The molecule has 194 valence electrons. The van der Waals surface area contributed by atoms with Crippen LogP contribution in [0.2, 0.25) is 0 Å². The Morgan fingerprint density at radius 2 is 1.76 bits per heavy atom. The zero-order valence-corrected chi connectivity index (χ0v) is 21.8. The molecule has 2 N–H and O–H groups in total. The van der Waals surface area contributed by atoms with Crippen LogP contribution in [0.3, 0.4) is 0 Å². The molecule has 3 aromatic rings. The molecule has 0 fully saturated rings. The maximum Gasteiger partial charge on any atom is 0.133 e. The number of nitrogens with one attached hydrogen (secondary N) is 1. The summed E-state index contributed by atoms with van der Waals surface area (Å²) < 4.78 is 5.93. The molecule has 1 atom stereocenters. The van der Waals surface area contributed by atoms with Gasteiger partial charge in [-0.25, -0.2) is 0 Å². The third kappa shape index (κ3) is 6.46. The highest BCUT2D eigenvalue weighted by Gasteiger charge is 2.28. The van der Waals surface area contributed by atoms with Gasteiger partial charge in [0.2, 0.25) is 0 Å². The van der Waals surface area contributed by atoms with E-state index in [4.69, 9.17) is 4.74 Å². The average molecular weight is 507 g/mol. The summed E-state index contributed by atoms with van der Waals surface area (Å²) in [6.45, 7) is 5.16. The highest BCUT2D eigenvalue weighted by molar-refractivity contribution is 5.47. The molecule has 0 bridgehead atoms. The molecule has 0 spiro atoms. The van der Waals surface area contributed by atoms with E-state index >= 15 is 0 Å². The molecule has 0 saturated heterocycles. The SMILES string of the molecule is CC(C1=COC2=CC=CCC2=C1O)N(CCc1ccccn1)Cc1cccc(CNCc2ccccn2)c1. The molecule has 0 saturated carbocycles. The van der Waals surface area contributed by atoms with Crippen molar-refractivity contribution in [2.45, 2.75) is 45.4 Å². The number of aliphatic hydroxyl groups excluding tert-OH is 1. The van der Waals surface area contributed by atoms with Crippen molar-refractivity contribution in [1.29, 1.82) is 0 Å². The molecular formula is C32H34N4O2. The summed E-state index contributed by atoms with van der Waals surface area (Å²) >= 11 is 0. The van der Waals surface area contributed by atoms with Crippen LogP contribution >= 0.6 is 0 Å². The zero-order chi connectivity index (χ0) is 26.2. The fourth-order valence-electron chi connectivity index (χ4n) is 4.84. The molecular weight excluding hydrogens is 472 g/mol. The first kappa shape index (κ1) is 25.6. The van der Waals surface area contributed by atoms with E-state index in [1.54, 1.807) is 6.26 Å². The van der Waals surface area contributed by atoms with Gasteiger partial charge in [0.05, 0.1) is 12.0 Å². The molecule has 2 aliphatic rings. The Bertz CT molecular complexity index is 1350. The van der Waals surface area contributed by atoms with E-state index in [-0.39, 0.29) is 6.04 Å². The zero-order valence-electron chi connectivity index (χ0n) is 21.8. The number of benzene rings is 1. The maximum atomic E-state index is 11.2. The third-order valence-corrected chi connectivity index (χ3v) is 6.99. The normalized spacial score (nSPS) is 15.5. The number of aliphatic hydroxyl groups is 1. The number of rotatable bonds is 11. The van der Waals surface area contributed by atoms with Gasteiger partial charge in [0.1, 0.15) is 11.5 Å². The van der Waals surface area contributed by atoms with Gasteiger partial charge < -0.3 is 15.2 Å². The van der Waals surface area contributed by atoms with E-state index in [1.807, 2.05) is 61.0 Å². The minimum Gasteiger partial charge on any atom is -0.507 e. The Kier molecular flexibility index (Phi) is 8.43.